The fraction of sp³-hybridized carbons (Fsp3) is 0.915. The Balaban J connectivity index is 1.06. The van der Waals surface area contributed by atoms with Crippen molar-refractivity contribution in [2.75, 3.05) is 13.2 Å². The molecule has 1 amide bonds. The molecule has 7 fully saturated rings. The molecule has 0 spiro atoms. The molecule has 4 saturated carbocycles. The van der Waals surface area contributed by atoms with Gasteiger partial charge in [0.05, 0.1) is 43.0 Å². The van der Waals surface area contributed by atoms with Gasteiger partial charge in [-0.3, -0.25) is 9.59 Å². The molecule has 24 atom stereocenters. The van der Waals surface area contributed by atoms with Gasteiger partial charge in [-0.25, -0.2) is 0 Å². The molecule has 78 heavy (non-hydrogen) atoms. The first-order valence-corrected chi connectivity index (χ1v) is 29.7. The number of nitrogens with one attached hydrogen (secondary N) is 1. The van der Waals surface area contributed by atoms with Gasteiger partial charge in [0, 0.05) is 6.42 Å². The van der Waals surface area contributed by atoms with Crippen LogP contribution in [0.3, 0.4) is 0 Å². The second kappa shape index (κ2) is 24.2. The highest BCUT2D eigenvalue weighted by Crippen LogP contribution is 2.76. The van der Waals surface area contributed by atoms with Gasteiger partial charge in [-0.05, 0) is 111 Å². The molecule has 3 saturated heterocycles. The first-order valence-electron chi connectivity index (χ1n) is 29.7. The van der Waals surface area contributed by atoms with Crippen molar-refractivity contribution in [3.8, 4) is 0 Å². The van der Waals surface area contributed by atoms with Crippen LogP contribution in [0.2, 0.25) is 0 Å². The first kappa shape index (κ1) is 61.9. The molecule has 0 aromatic rings. The first-order chi connectivity index (χ1) is 36.8. The molecule has 11 unspecified atom stereocenters. The maximum absolute atomic E-state index is 15.7. The van der Waals surface area contributed by atoms with Crippen molar-refractivity contribution in [3.63, 3.8) is 0 Å². The van der Waals surface area contributed by atoms with Crippen molar-refractivity contribution >= 4 is 18.2 Å². The minimum Gasteiger partial charge on any atom is -0.432 e. The monoisotopic (exact) mass is 1110 g/mol. The number of fused-ring (bicyclic) bond motifs is 7. The number of carbonyl (C=O) groups is 3. The maximum atomic E-state index is 15.7. The van der Waals surface area contributed by atoms with E-state index < -0.39 is 139 Å². The van der Waals surface area contributed by atoms with E-state index in [0.717, 1.165) is 56.8 Å². The fourth-order valence-corrected chi connectivity index (χ4v) is 16.7. The molecule has 0 aromatic carbocycles. The molecule has 10 N–H and O–H groups in total. The van der Waals surface area contributed by atoms with Crippen molar-refractivity contribution in [1.82, 2.24) is 5.32 Å². The molecule has 3 heterocycles. The quantitative estimate of drug-likeness (QED) is 0.0378. The Morgan fingerprint density at radius 2 is 1.37 bits per heavy atom. The zero-order valence-corrected chi connectivity index (χ0v) is 47.7. The topological polar surface area (TPSA) is 301 Å². The summed E-state index contributed by atoms with van der Waals surface area (Å²) in [5.41, 5.74) is -2.78. The van der Waals surface area contributed by atoms with E-state index in [2.05, 4.69) is 52.9 Å². The second-order valence-corrected chi connectivity index (χ2v) is 26.9. The molecular weight excluding hydrogens is 1010 g/mol. The van der Waals surface area contributed by atoms with Gasteiger partial charge in [-0.1, -0.05) is 111 Å². The summed E-state index contributed by atoms with van der Waals surface area (Å²) in [6, 6.07) is -1.32. The average Bonchev–Trinajstić information content (AvgIpc) is 3.23. The SMILES string of the molecule is CCCCCCCCCCCC(=O)N[C@H]1C(CO)O[C@@H](OC(=O)[C@]23CCC(C)(C)CC2C2=CCC4C5(C)CC[C@H](O)[C@](C)(C=O)[C@@H]5CC[C@]4(C)[C@]2(C)CC3O)C(O[C@@H]2O[C@H](C)[C@H](O[C@@H]3OC[C@@H](O)C(O)C3O)C(O)C2O)C1O. The summed E-state index contributed by atoms with van der Waals surface area (Å²) in [4.78, 5) is 42.1. The highest BCUT2D eigenvalue weighted by atomic mass is 16.8. The third-order valence-electron chi connectivity index (χ3n) is 21.7. The van der Waals surface area contributed by atoms with E-state index in [0.29, 0.717) is 32.1 Å². The molecule has 446 valence electrons. The third-order valence-corrected chi connectivity index (χ3v) is 21.7. The van der Waals surface area contributed by atoms with Crippen molar-refractivity contribution < 1.29 is 88.8 Å². The predicted octanol–water partition coefficient (Wildman–Crippen LogP) is 4.00. The van der Waals surface area contributed by atoms with Crippen molar-refractivity contribution in [2.24, 2.45) is 50.2 Å². The van der Waals surface area contributed by atoms with Crippen molar-refractivity contribution in [2.45, 2.75) is 276 Å². The van der Waals surface area contributed by atoms with Gasteiger partial charge in [-0.2, -0.15) is 0 Å². The van der Waals surface area contributed by atoms with E-state index in [9.17, 15) is 55.5 Å². The molecule has 19 nitrogen and oxygen atoms in total. The number of ether oxygens (including phenoxy) is 6. The number of aliphatic hydroxyl groups excluding tert-OH is 9. The van der Waals surface area contributed by atoms with Gasteiger partial charge in [-0.15, -0.1) is 0 Å². The number of amides is 1. The predicted molar refractivity (Wildman–Crippen MR) is 282 cm³/mol. The smallest absolute Gasteiger partial charge is 0.317 e. The van der Waals surface area contributed by atoms with E-state index in [1.54, 1.807) is 0 Å². The van der Waals surface area contributed by atoms with E-state index in [-0.39, 0.29) is 54.0 Å². The molecule has 3 aliphatic heterocycles. The lowest BCUT2D eigenvalue weighted by atomic mass is 9.33. The van der Waals surface area contributed by atoms with E-state index >= 15 is 4.79 Å². The van der Waals surface area contributed by atoms with Crippen LogP contribution < -0.4 is 5.32 Å². The number of carbonyl (C=O) groups excluding carboxylic acids is 3. The van der Waals surface area contributed by atoms with Crippen molar-refractivity contribution in [3.05, 3.63) is 11.6 Å². The normalized spacial score (nSPS) is 48.0. The summed E-state index contributed by atoms with van der Waals surface area (Å²) in [5, 5.41) is 104. The highest BCUT2D eigenvalue weighted by molar-refractivity contribution is 5.80. The number of allylic oxidation sites excluding steroid dienone is 2. The van der Waals surface area contributed by atoms with Crippen LogP contribution in [0.15, 0.2) is 11.6 Å². The molecule has 19 heteroatoms. The summed E-state index contributed by atoms with van der Waals surface area (Å²) in [5.74, 6) is -1.64. The summed E-state index contributed by atoms with van der Waals surface area (Å²) < 4.78 is 36.5. The van der Waals surface area contributed by atoms with E-state index in [1.807, 2.05) is 6.92 Å². The zero-order valence-electron chi connectivity index (χ0n) is 47.7. The van der Waals surface area contributed by atoms with Gasteiger partial charge >= 0.3 is 5.97 Å². The van der Waals surface area contributed by atoms with Gasteiger partial charge in [0.15, 0.2) is 18.7 Å². The summed E-state index contributed by atoms with van der Waals surface area (Å²) >= 11 is 0. The van der Waals surface area contributed by atoms with Crippen LogP contribution in [0, 0.1) is 50.2 Å². The zero-order chi connectivity index (χ0) is 56.9. The number of hydrogen-bond donors (Lipinski definition) is 10. The van der Waals surface area contributed by atoms with Crippen LogP contribution in [0.5, 0.6) is 0 Å². The number of hydrogen-bond acceptors (Lipinski definition) is 18. The lowest BCUT2D eigenvalue weighted by Crippen LogP contribution is -2.69. The van der Waals surface area contributed by atoms with Crippen LogP contribution in [-0.2, 0) is 42.8 Å². The maximum Gasteiger partial charge on any atom is 0.317 e. The number of esters is 1. The summed E-state index contributed by atoms with van der Waals surface area (Å²) in [7, 11) is 0. The van der Waals surface area contributed by atoms with Gasteiger partial charge in [0.2, 0.25) is 12.2 Å². The molecule has 8 rings (SSSR count). The number of unbranched alkanes of at least 4 members (excludes halogenated alkanes) is 8. The Morgan fingerprint density at radius 3 is 2.04 bits per heavy atom. The Morgan fingerprint density at radius 1 is 0.718 bits per heavy atom. The van der Waals surface area contributed by atoms with Crippen molar-refractivity contribution in [1.29, 1.82) is 0 Å². The second-order valence-electron chi connectivity index (χ2n) is 26.9. The standard InChI is InChI=1S/C59H97NO18/c1-9-10-11-12-13-14-15-16-17-18-41(66)60-42-36(29-61)75-52(49(44(42)68)77-51-47(71)45(69)48(32(2)74-51)76-50-46(70)43(67)35(63)30-73-50)78-53(72)59-26-25-54(3,4)27-34(59)33-19-20-38-55(5)23-22-39(64)56(6,31-62)37(55)21-24-57(38,7)58(33,8)28-40(59)65/h19,31-32,34-40,42-52,61,63-65,67-71H,9-18,20-30H2,1-8H3,(H,60,66)/t32-,34?,35-,36?,37-,38?,39+,40?,42+,43?,44?,45?,46?,47?,48+,49?,50+,51+,52+,55?,56-,57+,58-,59-/m1/s1. The largest absolute Gasteiger partial charge is 0.432 e. The average molecular weight is 1110 g/mol. The Hall–Kier alpha value is -2.21. The Labute approximate surface area is 461 Å². The lowest BCUT2D eigenvalue weighted by molar-refractivity contribution is -0.370. The Bertz CT molecular complexity index is 2110. The number of aldehydes is 1. The lowest BCUT2D eigenvalue weighted by Gasteiger charge is -2.71. The molecule has 0 radical (unpaired) electrons. The Kier molecular flexibility index (Phi) is 19.2. The van der Waals surface area contributed by atoms with Crippen LogP contribution in [-0.4, -0.2) is 175 Å². The van der Waals surface area contributed by atoms with Crippen LogP contribution in [0.25, 0.3) is 0 Å². The van der Waals surface area contributed by atoms with Gasteiger partial charge in [0.25, 0.3) is 0 Å². The molecule has 8 aliphatic rings. The summed E-state index contributed by atoms with van der Waals surface area (Å²) in [6.45, 7) is 15.6. The van der Waals surface area contributed by atoms with Crippen LogP contribution in [0.1, 0.15) is 177 Å². The molecule has 0 aromatic heterocycles. The molecule has 5 aliphatic carbocycles. The van der Waals surface area contributed by atoms with Crippen LogP contribution in [0.4, 0.5) is 0 Å². The number of aliphatic hydroxyl groups is 9. The number of rotatable bonds is 19. The molecular formula is C59H97NO18. The van der Waals surface area contributed by atoms with Crippen LogP contribution >= 0.6 is 0 Å². The fourth-order valence-electron chi connectivity index (χ4n) is 16.7. The summed E-state index contributed by atoms with van der Waals surface area (Å²) in [6.07, 6.45) is -5.05. The minimum atomic E-state index is -1.92. The van der Waals surface area contributed by atoms with Gasteiger partial charge < -0.3 is 84.5 Å². The third kappa shape index (κ3) is 11.1. The van der Waals surface area contributed by atoms with E-state index in [1.165, 1.54) is 32.6 Å². The minimum absolute atomic E-state index is 0.0344. The molecule has 0 bridgehead atoms. The highest BCUT2D eigenvalue weighted by Gasteiger charge is 2.72. The van der Waals surface area contributed by atoms with E-state index in [4.69, 9.17) is 28.4 Å². The van der Waals surface area contributed by atoms with Gasteiger partial charge in [0.1, 0.15) is 60.5 Å².